The van der Waals surface area contributed by atoms with Crippen molar-refractivity contribution in [3.8, 4) is 0 Å². The molecular formula is C16H29N3. The lowest BCUT2D eigenvalue weighted by Gasteiger charge is -2.31. The maximum absolute atomic E-state index is 4.06. The zero-order valence-corrected chi connectivity index (χ0v) is 12.9. The van der Waals surface area contributed by atoms with E-state index in [-0.39, 0.29) is 0 Å². The highest BCUT2D eigenvalue weighted by Gasteiger charge is 2.17. The molecule has 3 heteroatoms. The van der Waals surface area contributed by atoms with E-state index in [1.54, 1.807) is 0 Å². The zero-order valence-electron chi connectivity index (χ0n) is 12.9. The average Bonchev–Trinajstić information content (AvgIpc) is 2.42. The second-order valence-electron chi connectivity index (χ2n) is 5.60. The molecule has 0 radical (unpaired) electrons. The fourth-order valence-electron chi connectivity index (χ4n) is 2.35. The van der Waals surface area contributed by atoms with Gasteiger partial charge in [-0.3, -0.25) is 4.98 Å². The molecule has 1 heterocycles. The molecule has 0 aromatic carbocycles. The summed E-state index contributed by atoms with van der Waals surface area (Å²) in [7, 11) is 2.24. The fourth-order valence-corrected chi connectivity index (χ4v) is 2.35. The van der Waals surface area contributed by atoms with Crippen LogP contribution in [0.2, 0.25) is 0 Å². The summed E-state index contributed by atoms with van der Waals surface area (Å²) in [5, 5.41) is 3.54. The topological polar surface area (TPSA) is 28.2 Å². The summed E-state index contributed by atoms with van der Waals surface area (Å²) < 4.78 is 0. The Bertz CT molecular complexity index is 324. The van der Waals surface area contributed by atoms with E-state index in [1.807, 2.05) is 12.4 Å². The van der Waals surface area contributed by atoms with Gasteiger partial charge < -0.3 is 10.2 Å². The van der Waals surface area contributed by atoms with Crippen LogP contribution in [0.25, 0.3) is 0 Å². The van der Waals surface area contributed by atoms with Crippen molar-refractivity contribution >= 4 is 0 Å². The van der Waals surface area contributed by atoms with Crippen molar-refractivity contribution in [2.24, 2.45) is 5.92 Å². The highest BCUT2D eigenvalue weighted by molar-refractivity contribution is 5.09. The third-order valence-electron chi connectivity index (χ3n) is 3.62. The fraction of sp³-hybridized carbons (Fsp3) is 0.688. The molecule has 1 aromatic heterocycles. The number of rotatable bonds is 9. The summed E-state index contributed by atoms with van der Waals surface area (Å²) in [6.07, 6.45) is 6.04. The molecule has 1 unspecified atom stereocenters. The predicted octanol–water partition coefficient (Wildman–Crippen LogP) is 2.58. The minimum Gasteiger partial charge on any atom is -0.315 e. The van der Waals surface area contributed by atoms with Gasteiger partial charge in [0, 0.05) is 31.5 Å². The minimum atomic E-state index is 0.605. The molecule has 0 saturated carbocycles. The van der Waals surface area contributed by atoms with Gasteiger partial charge in [-0.2, -0.15) is 0 Å². The number of nitrogens with zero attached hydrogens (tertiary/aromatic N) is 2. The van der Waals surface area contributed by atoms with Gasteiger partial charge in [0.1, 0.15) is 0 Å². The van der Waals surface area contributed by atoms with E-state index >= 15 is 0 Å². The van der Waals surface area contributed by atoms with Crippen molar-refractivity contribution in [3.05, 3.63) is 30.1 Å². The first-order valence-corrected chi connectivity index (χ1v) is 7.45. The van der Waals surface area contributed by atoms with E-state index in [2.05, 4.69) is 55.2 Å². The summed E-state index contributed by atoms with van der Waals surface area (Å²) in [6, 6.07) is 4.81. The van der Waals surface area contributed by atoms with Gasteiger partial charge in [0.15, 0.2) is 0 Å². The molecule has 1 N–H and O–H groups in total. The van der Waals surface area contributed by atoms with Crippen LogP contribution in [0.4, 0.5) is 0 Å². The molecule has 108 valence electrons. The number of hydrogen-bond donors (Lipinski definition) is 1. The third kappa shape index (κ3) is 6.17. The van der Waals surface area contributed by atoms with Crippen molar-refractivity contribution in [2.45, 2.75) is 39.7 Å². The number of aromatic nitrogens is 1. The lowest BCUT2D eigenvalue weighted by atomic mass is 10.0. The molecule has 19 heavy (non-hydrogen) atoms. The molecule has 1 aromatic rings. The van der Waals surface area contributed by atoms with Crippen LogP contribution in [0, 0.1) is 5.92 Å². The van der Waals surface area contributed by atoms with Crippen LogP contribution in [0.5, 0.6) is 0 Å². The Morgan fingerprint density at radius 1 is 1.26 bits per heavy atom. The highest BCUT2D eigenvalue weighted by Crippen LogP contribution is 2.09. The van der Waals surface area contributed by atoms with E-state index in [0.29, 0.717) is 12.0 Å². The Balaban J connectivity index is 2.41. The van der Waals surface area contributed by atoms with Gasteiger partial charge in [0.05, 0.1) is 0 Å². The van der Waals surface area contributed by atoms with Gasteiger partial charge in [0.2, 0.25) is 0 Å². The van der Waals surface area contributed by atoms with E-state index in [1.165, 1.54) is 12.0 Å². The van der Waals surface area contributed by atoms with Crippen LogP contribution in [-0.2, 0) is 6.42 Å². The van der Waals surface area contributed by atoms with Gasteiger partial charge in [-0.1, -0.05) is 20.8 Å². The van der Waals surface area contributed by atoms with E-state index < -0.39 is 0 Å². The van der Waals surface area contributed by atoms with Crippen LogP contribution in [0.15, 0.2) is 24.5 Å². The quantitative estimate of drug-likeness (QED) is 0.694. The summed E-state index contributed by atoms with van der Waals surface area (Å²) in [4.78, 5) is 6.54. The largest absolute Gasteiger partial charge is 0.315 e. The molecule has 0 fully saturated rings. The second kappa shape index (κ2) is 9.05. The number of pyridine rings is 1. The summed E-state index contributed by atoms with van der Waals surface area (Å²) in [5.41, 5.74) is 1.37. The third-order valence-corrected chi connectivity index (χ3v) is 3.62. The number of hydrogen-bond acceptors (Lipinski definition) is 3. The van der Waals surface area contributed by atoms with Crippen LogP contribution in [0.1, 0.15) is 32.8 Å². The molecular weight excluding hydrogens is 234 g/mol. The first-order chi connectivity index (χ1) is 9.15. The number of likely N-dealkylation sites (N-methyl/N-ethyl adjacent to an activating group) is 1. The summed E-state index contributed by atoms with van der Waals surface area (Å²) in [6.45, 7) is 10.1. The van der Waals surface area contributed by atoms with Crippen LogP contribution in [-0.4, -0.2) is 42.6 Å². The van der Waals surface area contributed by atoms with Crippen molar-refractivity contribution < 1.29 is 0 Å². The Hall–Kier alpha value is -0.930. The Morgan fingerprint density at radius 3 is 2.53 bits per heavy atom. The first kappa shape index (κ1) is 16.1. The summed E-state index contributed by atoms with van der Waals surface area (Å²) >= 11 is 0. The van der Waals surface area contributed by atoms with Crippen LogP contribution < -0.4 is 5.32 Å². The van der Waals surface area contributed by atoms with E-state index in [9.17, 15) is 0 Å². The summed E-state index contributed by atoms with van der Waals surface area (Å²) in [5.74, 6) is 0.673. The molecule has 1 atom stereocenters. The lowest BCUT2D eigenvalue weighted by molar-refractivity contribution is 0.189. The second-order valence-corrected chi connectivity index (χ2v) is 5.60. The molecule has 0 aliphatic carbocycles. The van der Waals surface area contributed by atoms with E-state index in [0.717, 1.165) is 26.1 Å². The van der Waals surface area contributed by atoms with Gasteiger partial charge in [-0.15, -0.1) is 0 Å². The van der Waals surface area contributed by atoms with Gasteiger partial charge in [0.25, 0.3) is 0 Å². The van der Waals surface area contributed by atoms with Gasteiger partial charge in [-0.25, -0.2) is 0 Å². The highest BCUT2D eigenvalue weighted by atomic mass is 15.1. The Morgan fingerprint density at radius 2 is 1.95 bits per heavy atom. The molecule has 0 aliphatic rings. The zero-order chi connectivity index (χ0) is 14.1. The molecule has 0 aliphatic heterocycles. The molecule has 1 rings (SSSR count). The monoisotopic (exact) mass is 263 g/mol. The maximum Gasteiger partial charge on any atom is 0.0270 e. The molecule has 3 nitrogen and oxygen atoms in total. The maximum atomic E-state index is 4.06. The normalized spacial score (nSPS) is 13.2. The van der Waals surface area contributed by atoms with Crippen molar-refractivity contribution in [2.75, 3.05) is 26.7 Å². The molecule has 0 saturated heterocycles. The van der Waals surface area contributed by atoms with Gasteiger partial charge >= 0.3 is 0 Å². The average molecular weight is 263 g/mol. The van der Waals surface area contributed by atoms with Crippen molar-refractivity contribution in [1.29, 1.82) is 0 Å². The Kier molecular flexibility index (Phi) is 7.68. The first-order valence-electron chi connectivity index (χ1n) is 7.45. The van der Waals surface area contributed by atoms with Crippen LogP contribution in [0.3, 0.4) is 0 Å². The molecule has 0 bridgehead atoms. The number of nitrogens with one attached hydrogen (secondary N) is 1. The van der Waals surface area contributed by atoms with Crippen molar-refractivity contribution in [3.63, 3.8) is 0 Å². The molecule has 0 amide bonds. The SMILES string of the molecule is CCCNCC(C(C)C)N(C)CCc1ccncc1. The predicted molar refractivity (Wildman–Crippen MR) is 82.4 cm³/mol. The van der Waals surface area contributed by atoms with Crippen molar-refractivity contribution in [1.82, 2.24) is 15.2 Å². The molecule has 0 spiro atoms. The standard InChI is InChI=1S/C16H29N3/c1-5-9-18-13-16(14(2)3)19(4)12-8-15-6-10-17-11-7-15/h6-7,10-11,14,16,18H,5,8-9,12-13H2,1-4H3. The lowest BCUT2D eigenvalue weighted by Crippen LogP contribution is -2.44. The minimum absolute atomic E-state index is 0.605. The smallest absolute Gasteiger partial charge is 0.0270 e. The Labute approximate surface area is 118 Å². The van der Waals surface area contributed by atoms with Crippen LogP contribution >= 0.6 is 0 Å². The van der Waals surface area contributed by atoms with Gasteiger partial charge in [-0.05, 0) is 50.0 Å². The van der Waals surface area contributed by atoms with E-state index in [4.69, 9.17) is 0 Å².